The van der Waals surface area contributed by atoms with Crippen LogP contribution in [0.5, 0.6) is 0 Å². The first-order valence-corrected chi connectivity index (χ1v) is 13.3. The summed E-state index contributed by atoms with van der Waals surface area (Å²) in [6.07, 6.45) is 6.62. The van der Waals surface area contributed by atoms with Gasteiger partial charge in [-0.15, -0.1) is 0 Å². The van der Waals surface area contributed by atoms with E-state index in [1.54, 1.807) is 12.1 Å². The van der Waals surface area contributed by atoms with Crippen LogP contribution in [0, 0.1) is 0 Å². The molecule has 2 fully saturated rings. The van der Waals surface area contributed by atoms with Gasteiger partial charge in [-0.3, -0.25) is 0 Å². The summed E-state index contributed by atoms with van der Waals surface area (Å²) < 4.78 is 0. The van der Waals surface area contributed by atoms with E-state index in [0.29, 0.717) is 46.0 Å². The zero-order valence-corrected chi connectivity index (χ0v) is 22.3. The van der Waals surface area contributed by atoms with Gasteiger partial charge in [0.1, 0.15) is 0 Å². The third kappa shape index (κ3) is 6.41. The number of hydrogen-bond donors (Lipinski definition) is 4. The predicted molar refractivity (Wildman–Crippen MR) is 143 cm³/mol. The van der Waals surface area contributed by atoms with Gasteiger partial charge in [-0.05, 0) is 86.8 Å². The molecule has 0 spiro atoms. The van der Waals surface area contributed by atoms with E-state index in [2.05, 4.69) is 0 Å². The van der Waals surface area contributed by atoms with Crippen LogP contribution in [0.15, 0.2) is 36.4 Å². The van der Waals surface area contributed by atoms with E-state index >= 15 is 0 Å². The highest BCUT2D eigenvalue weighted by molar-refractivity contribution is 6.42. The van der Waals surface area contributed by atoms with Gasteiger partial charge in [-0.2, -0.15) is 0 Å². The van der Waals surface area contributed by atoms with Crippen LogP contribution in [0.3, 0.4) is 0 Å². The van der Waals surface area contributed by atoms with Crippen LogP contribution < -0.4 is 11.5 Å². The van der Waals surface area contributed by atoms with Crippen molar-refractivity contribution in [1.82, 2.24) is 0 Å². The summed E-state index contributed by atoms with van der Waals surface area (Å²) >= 11 is 24.0. The van der Waals surface area contributed by atoms with E-state index in [9.17, 15) is 10.2 Å². The Kier molecular flexibility index (Phi) is 9.99. The van der Waals surface area contributed by atoms with E-state index in [1.165, 1.54) is 0 Å². The van der Waals surface area contributed by atoms with Crippen molar-refractivity contribution >= 4 is 46.4 Å². The number of hydrogen-bond acceptors (Lipinski definition) is 4. The summed E-state index contributed by atoms with van der Waals surface area (Å²) in [5, 5.41) is 21.9. The summed E-state index contributed by atoms with van der Waals surface area (Å²) in [5.41, 5.74) is 13.8. The number of benzene rings is 2. The molecular weight excluding hydrogens is 514 g/mol. The maximum Gasteiger partial charge on any atom is 0.0595 e. The summed E-state index contributed by atoms with van der Waals surface area (Å²) in [5.74, 6) is 0. The molecule has 4 rings (SSSR count). The number of rotatable bonds is 4. The molecule has 0 unspecified atom stereocenters. The molecule has 0 aromatic heterocycles. The maximum atomic E-state index is 9.85. The first-order chi connectivity index (χ1) is 16.1. The van der Waals surface area contributed by atoms with Crippen LogP contribution in [0.4, 0.5) is 0 Å². The molecule has 0 radical (unpaired) electrons. The average Bonchev–Trinajstić information content (AvgIpc) is 2.82. The van der Waals surface area contributed by atoms with Crippen molar-refractivity contribution in [2.75, 3.05) is 13.1 Å². The fraction of sp³-hybridized carbons (Fsp3) is 0.538. The molecule has 0 aliphatic heterocycles. The van der Waals surface area contributed by atoms with Gasteiger partial charge < -0.3 is 21.7 Å². The maximum absolute atomic E-state index is 9.85. The molecule has 0 saturated heterocycles. The molecule has 0 amide bonds. The Hall–Kier alpha value is -0.560. The van der Waals surface area contributed by atoms with Crippen molar-refractivity contribution in [2.45, 2.75) is 74.4 Å². The molecule has 4 atom stereocenters. The monoisotopic (exact) mass is 546 g/mol. The van der Waals surface area contributed by atoms with Gasteiger partial charge >= 0.3 is 0 Å². The van der Waals surface area contributed by atoms with Crippen LogP contribution in [0.1, 0.15) is 62.5 Å². The van der Waals surface area contributed by atoms with Crippen LogP contribution >= 0.6 is 46.4 Å². The minimum absolute atomic E-state index is 0.147. The largest absolute Gasteiger partial charge is 0.393 e. The van der Waals surface area contributed by atoms with Crippen molar-refractivity contribution < 1.29 is 10.2 Å². The van der Waals surface area contributed by atoms with Crippen molar-refractivity contribution in [2.24, 2.45) is 11.5 Å². The standard InChI is InChI=1S/2C13H17Cl2NO/c2*14-11-4-3-9(6-12(11)15)13(8-16)5-1-2-10(17)7-13/h2*3-4,6,10,17H,1-2,5,7-8,16H2/t2*10-,13+/m10/s1. The molecule has 6 N–H and O–H groups in total. The van der Waals surface area contributed by atoms with E-state index in [1.807, 2.05) is 24.3 Å². The van der Waals surface area contributed by atoms with Crippen LogP contribution in [-0.4, -0.2) is 35.5 Å². The molecule has 34 heavy (non-hydrogen) atoms. The highest BCUT2D eigenvalue weighted by Gasteiger charge is 2.37. The van der Waals surface area contributed by atoms with Crippen molar-refractivity contribution in [3.8, 4) is 0 Å². The summed E-state index contributed by atoms with van der Waals surface area (Å²) in [6.45, 7) is 1.06. The van der Waals surface area contributed by atoms with Gasteiger partial charge in [0.05, 0.1) is 32.3 Å². The van der Waals surface area contributed by atoms with E-state index in [0.717, 1.165) is 49.7 Å². The molecule has 8 heteroatoms. The van der Waals surface area contributed by atoms with Gasteiger partial charge in [0.15, 0.2) is 0 Å². The summed E-state index contributed by atoms with van der Waals surface area (Å²) in [7, 11) is 0. The second kappa shape index (κ2) is 12.1. The molecule has 2 aromatic rings. The fourth-order valence-corrected chi connectivity index (χ4v) is 6.04. The fourth-order valence-electron chi connectivity index (χ4n) is 5.45. The highest BCUT2D eigenvalue weighted by atomic mass is 35.5. The Morgan fingerprint density at radius 3 is 1.35 bits per heavy atom. The van der Waals surface area contributed by atoms with Crippen LogP contribution in [-0.2, 0) is 10.8 Å². The molecule has 2 saturated carbocycles. The second-order valence-electron chi connectivity index (χ2n) is 9.73. The lowest BCUT2D eigenvalue weighted by molar-refractivity contribution is 0.0868. The van der Waals surface area contributed by atoms with Crippen LogP contribution in [0.25, 0.3) is 0 Å². The van der Waals surface area contributed by atoms with Gasteiger partial charge in [0.25, 0.3) is 0 Å². The Morgan fingerprint density at radius 1 is 0.676 bits per heavy atom. The van der Waals surface area contributed by atoms with Gasteiger partial charge in [-0.25, -0.2) is 0 Å². The molecule has 4 nitrogen and oxygen atoms in total. The predicted octanol–water partition coefficient (Wildman–Crippen LogP) is 6.25. The lowest BCUT2D eigenvalue weighted by Crippen LogP contribution is -2.41. The molecule has 2 aromatic carbocycles. The van der Waals surface area contributed by atoms with Gasteiger partial charge in [0.2, 0.25) is 0 Å². The Balaban J connectivity index is 0.000000191. The SMILES string of the molecule is NC[C@@]1(c2ccc(Cl)c(Cl)c2)CCC[C@H](O)C1.NC[C@]1(c2ccc(Cl)c(Cl)c2)CCC[C@@H](O)C1. The van der Waals surface area contributed by atoms with Crippen molar-refractivity contribution in [3.63, 3.8) is 0 Å². The quantitative estimate of drug-likeness (QED) is 0.364. The Morgan fingerprint density at radius 2 is 1.06 bits per heavy atom. The molecule has 0 heterocycles. The number of aliphatic hydroxyl groups excluding tert-OH is 2. The third-order valence-electron chi connectivity index (χ3n) is 7.48. The third-order valence-corrected chi connectivity index (χ3v) is 8.96. The highest BCUT2D eigenvalue weighted by Crippen LogP contribution is 2.41. The Labute approximate surface area is 222 Å². The zero-order chi connectivity index (χ0) is 24.9. The smallest absolute Gasteiger partial charge is 0.0595 e. The number of nitrogens with two attached hydrogens (primary N) is 2. The van der Waals surface area contributed by atoms with E-state index < -0.39 is 0 Å². The van der Waals surface area contributed by atoms with E-state index in [-0.39, 0.29) is 23.0 Å². The second-order valence-corrected chi connectivity index (χ2v) is 11.4. The van der Waals surface area contributed by atoms with Gasteiger partial charge in [0, 0.05) is 23.9 Å². The lowest BCUT2D eigenvalue weighted by Gasteiger charge is -2.39. The van der Waals surface area contributed by atoms with E-state index in [4.69, 9.17) is 57.9 Å². The topological polar surface area (TPSA) is 92.5 Å². The van der Waals surface area contributed by atoms with Crippen molar-refractivity contribution in [1.29, 1.82) is 0 Å². The summed E-state index contributed by atoms with van der Waals surface area (Å²) in [6, 6.07) is 11.3. The van der Waals surface area contributed by atoms with Crippen molar-refractivity contribution in [3.05, 3.63) is 67.6 Å². The molecule has 188 valence electrons. The first-order valence-electron chi connectivity index (χ1n) is 11.8. The zero-order valence-electron chi connectivity index (χ0n) is 19.3. The molecule has 2 aliphatic rings. The number of halogens is 4. The Bertz CT molecular complexity index is 898. The molecular formula is C26H34Cl4N2O2. The summed E-state index contributed by atoms with van der Waals surface area (Å²) in [4.78, 5) is 0. The van der Waals surface area contributed by atoms with Crippen LogP contribution in [0.2, 0.25) is 20.1 Å². The molecule has 2 aliphatic carbocycles. The average molecular weight is 548 g/mol. The lowest BCUT2D eigenvalue weighted by atomic mass is 9.68. The first kappa shape index (κ1) is 28.0. The minimum atomic E-state index is -0.262. The number of aliphatic hydroxyl groups is 2. The van der Waals surface area contributed by atoms with Gasteiger partial charge in [-0.1, -0.05) is 58.5 Å². The minimum Gasteiger partial charge on any atom is -0.393 e. The molecule has 0 bridgehead atoms. The normalized spacial score (nSPS) is 29.3.